The highest BCUT2D eigenvalue weighted by Crippen LogP contribution is 2.39. The molecule has 174 valence electrons. The number of aromatic nitrogens is 1. The zero-order valence-electron chi connectivity index (χ0n) is 19.1. The Morgan fingerprint density at radius 1 is 1.06 bits per heavy atom. The molecule has 1 fully saturated rings. The number of rotatable bonds is 8. The lowest BCUT2D eigenvalue weighted by Gasteiger charge is -2.24. The maximum Gasteiger partial charge on any atom is 0.295 e. The van der Waals surface area contributed by atoms with Crippen LogP contribution in [0.5, 0.6) is 5.75 Å². The molecule has 1 aliphatic heterocycles. The van der Waals surface area contributed by atoms with Gasteiger partial charge >= 0.3 is 0 Å². The number of ketones is 1. The van der Waals surface area contributed by atoms with E-state index in [0.717, 1.165) is 11.1 Å². The van der Waals surface area contributed by atoms with E-state index in [1.54, 1.807) is 48.8 Å². The van der Waals surface area contributed by atoms with Gasteiger partial charge < -0.3 is 19.5 Å². The number of methoxy groups -OCH3 is 1. The van der Waals surface area contributed by atoms with E-state index >= 15 is 0 Å². The number of benzene rings is 2. The Kier molecular flexibility index (Phi) is 7.04. The first kappa shape index (κ1) is 23.2. The molecule has 1 amide bonds. The molecule has 0 radical (unpaired) electrons. The van der Waals surface area contributed by atoms with Gasteiger partial charge in [-0.15, -0.1) is 0 Å². The normalized spacial score (nSPS) is 17.2. The topological polar surface area (TPSA) is 89.0 Å². The first-order valence-electron chi connectivity index (χ1n) is 11.0. The summed E-state index contributed by atoms with van der Waals surface area (Å²) in [5.74, 6) is -0.997. The van der Waals surface area contributed by atoms with E-state index in [4.69, 9.17) is 9.47 Å². The van der Waals surface area contributed by atoms with E-state index in [1.807, 2.05) is 25.1 Å². The third-order valence-corrected chi connectivity index (χ3v) is 5.71. The predicted octanol–water partition coefficient (Wildman–Crippen LogP) is 4.04. The number of pyridine rings is 1. The second-order valence-electron chi connectivity index (χ2n) is 8.07. The number of likely N-dealkylation sites (tertiary alicyclic amines) is 1. The van der Waals surface area contributed by atoms with Crippen LogP contribution in [0.2, 0.25) is 0 Å². The van der Waals surface area contributed by atoms with Crippen LogP contribution in [0, 0.1) is 6.92 Å². The lowest BCUT2D eigenvalue weighted by Crippen LogP contribution is -2.32. The fraction of sp³-hybridized carbons (Fsp3) is 0.222. The molecule has 2 heterocycles. The maximum atomic E-state index is 12.9. The Bertz CT molecular complexity index is 1210. The SMILES string of the molecule is COCCN1C(=O)C(=O)C(=C(O)c2ccc(OCc3cccc(C)c3)cc2)[C@H]1c1ccncc1. The number of ether oxygens (including phenoxy) is 2. The van der Waals surface area contributed by atoms with Gasteiger partial charge in [0, 0.05) is 31.6 Å². The Hall–Kier alpha value is -3.97. The van der Waals surface area contributed by atoms with Crippen molar-refractivity contribution in [2.45, 2.75) is 19.6 Å². The Labute approximate surface area is 198 Å². The molecule has 7 heteroatoms. The number of hydrogen-bond donors (Lipinski definition) is 1. The summed E-state index contributed by atoms with van der Waals surface area (Å²) < 4.78 is 11.0. The van der Waals surface area contributed by atoms with Crippen molar-refractivity contribution in [3.05, 3.63) is 101 Å². The number of amides is 1. The summed E-state index contributed by atoms with van der Waals surface area (Å²) in [6.07, 6.45) is 3.18. The Morgan fingerprint density at radius 3 is 2.47 bits per heavy atom. The lowest BCUT2D eigenvalue weighted by molar-refractivity contribution is -0.140. The van der Waals surface area contributed by atoms with Crippen LogP contribution in [0.1, 0.15) is 28.3 Å². The second-order valence-corrected chi connectivity index (χ2v) is 8.07. The predicted molar refractivity (Wildman–Crippen MR) is 127 cm³/mol. The molecule has 0 unspecified atom stereocenters. The van der Waals surface area contributed by atoms with Gasteiger partial charge in [-0.25, -0.2) is 0 Å². The van der Waals surface area contributed by atoms with Crippen LogP contribution < -0.4 is 4.74 Å². The van der Waals surface area contributed by atoms with E-state index in [1.165, 1.54) is 12.0 Å². The van der Waals surface area contributed by atoms with Gasteiger partial charge in [0.15, 0.2) is 0 Å². The zero-order chi connectivity index (χ0) is 24.1. The quantitative estimate of drug-likeness (QED) is 0.311. The number of aliphatic hydroxyl groups is 1. The summed E-state index contributed by atoms with van der Waals surface area (Å²) in [7, 11) is 1.53. The highest BCUT2D eigenvalue weighted by molar-refractivity contribution is 6.46. The van der Waals surface area contributed by atoms with Gasteiger partial charge in [-0.3, -0.25) is 14.6 Å². The standard InChI is InChI=1S/C27H26N2O5/c1-18-4-3-5-19(16-18)17-34-22-8-6-21(7-9-22)25(30)23-24(20-10-12-28-13-11-20)29(14-15-33-2)27(32)26(23)31/h3-13,16,24,30H,14-15,17H2,1-2H3/t24-/m1/s1. The molecule has 1 saturated heterocycles. The Morgan fingerprint density at radius 2 is 1.79 bits per heavy atom. The van der Waals surface area contributed by atoms with Gasteiger partial charge in [0.1, 0.15) is 18.1 Å². The third kappa shape index (κ3) is 4.84. The summed E-state index contributed by atoms with van der Waals surface area (Å²) in [6, 6.07) is 17.6. The van der Waals surface area contributed by atoms with E-state index in [0.29, 0.717) is 23.5 Å². The summed E-state index contributed by atoms with van der Waals surface area (Å²) in [5, 5.41) is 11.1. The highest BCUT2D eigenvalue weighted by atomic mass is 16.5. The molecule has 7 nitrogen and oxygen atoms in total. The van der Waals surface area contributed by atoms with Gasteiger partial charge in [0.25, 0.3) is 11.7 Å². The molecule has 34 heavy (non-hydrogen) atoms. The van der Waals surface area contributed by atoms with Crippen molar-refractivity contribution in [1.29, 1.82) is 0 Å². The van der Waals surface area contributed by atoms with E-state index in [9.17, 15) is 14.7 Å². The second kappa shape index (κ2) is 10.3. The van der Waals surface area contributed by atoms with Crippen molar-refractivity contribution in [2.75, 3.05) is 20.3 Å². The molecular weight excluding hydrogens is 432 g/mol. The minimum Gasteiger partial charge on any atom is -0.507 e. The molecule has 1 aliphatic rings. The average Bonchev–Trinajstić information content (AvgIpc) is 3.11. The van der Waals surface area contributed by atoms with Crippen LogP contribution in [-0.2, 0) is 20.9 Å². The summed E-state index contributed by atoms with van der Waals surface area (Å²) >= 11 is 0. The average molecular weight is 459 g/mol. The molecule has 3 aromatic rings. The van der Waals surface area contributed by atoms with Crippen molar-refractivity contribution in [3.8, 4) is 5.75 Å². The van der Waals surface area contributed by atoms with Crippen molar-refractivity contribution in [1.82, 2.24) is 9.88 Å². The number of Topliss-reactive ketones (excluding diaryl/α,β-unsaturated/α-hetero) is 1. The van der Waals surface area contributed by atoms with Crippen LogP contribution in [0.4, 0.5) is 0 Å². The van der Waals surface area contributed by atoms with E-state index in [-0.39, 0.29) is 24.5 Å². The van der Waals surface area contributed by atoms with Crippen LogP contribution in [-0.4, -0.2) is 46.9 Å². The molecule has 0 saturated carbocycles. The first-order chi connectivity index (χ1) is 16.5. The van der Waals surface area contributed by atoms with Gasteiger partial charge in [-0.05, 0) is 54.4 Å². The minimum atomic E-state index is -0.727. The molecule has 4 rings (SSSR count). The molecule has 0 spiro atoms. The smallest absolute Gasteiger partial charge is 0.295 e. The number of carbonyl (C=O) groups is 2. The molecular formula is C27H26N2O5. The molecule has 1 N–H and O–H groups in total. The fourth-order valence-electron chi connectivity index (χ4n) is 4.03. The van der Waals surface area contributed by atoms with Gasteiger partial charge in [0.05, 0.1) is 18.2 Å². The van der Waals surface area contributed by atoms with Crippen molar-refractivity contribution >= 4 is 17.4 Å². The molecule has 2 aromatic carbocycles. The van der Waals surface area contributed by atoms with Crippen LogP contribution in [0.25, 0.3) is 5.76 Å². The number of hydrogen-bond acceptors (Lipinski definition) is 6. The molecule has 0 aliphatic carbocycles. The zero-order valence-corrected chi connectivity index (χ0v) is 19.1. The first-order valence-corrected chi connectivity index (χ1v) is 11.0. The van der Waals surface area contributed by atoms with Gasteiger partial charge in [-0.2, -0.15) is 0 Å². The largest absolute Gasteiger partial charge is 0.507 e. The molecule has 1 aromatic heterocycles. The van der Waals surface area contributed by atoms with E-state index < -0.39 is 17.7 Å². The summed E-state index contributed by atoms with van der Waals surface area (Å²) in [5.41, 5.74) is 3.37. The number of aliphatic hydroxyl groups excluding tert-OH is 1. The molecule has 0 bridgehead atoms. The lowest BCUT2D eigenvalue weighted by atomic mass is 9.96. The Balaban J connectivity index is 1.62. The summed E-state index contributed by atoms with van der Waals surface area (Å²) in [4.78, 5) is 31.2. The third-order valence-electron chi connectivity index (χ3n) is 5.71. The van der Waals surface area contributed by atoms with Crippen LogP contribution in [0.15, 0.2) is 78.6 Å². The fourth-order valence-corrected chi connectivity index (χ4v) is 4.03. The van der Waals surface area contributed by atoms with Crippen LogP contribution >= 0.6 is 0 Å². The minimum absolute atomic E-state index is 0.0423. The van der Waals surface area contributed by atoms with Crippen molar-refractivity contribution < 1.29 is 24.2 Å². The highest BCUT2D eigenvalue weighted by Gasteiger charge is 2.45. The van der Waals surface area contributed by atoms with Crippen molar-refractivity contribution in [3.63, 3.8) is 0 Å². The van der Waals surface area contributed by atoms with Gasteiger partial charge in [0.2, 0.25) is 0 Å². The molecule has 1 atom stereocenters. The van der Waals surface area contributed by atoms with Gasteiger partial charge in [-0.1, -0.05) is 29.8 Å². The van der Waals surface area contributed by atoms with E-state index in [2.05, 4.69) is 11.1 Å². The van der Waals surface area contributed by atoms with Crippen molar-refractivity contribution in [2.24, 2.45) is 0 Å². The summed E-state index contributed by atoms with van der Waals surface area (Å²) in [6.45, 7) is 2.93. The monoisotopic (exact) mass is 458 g/mol. The number of carbonyl (C=O) groups excluding carboxylic acids is 2. The number of aryl methyl sites for hydroxylation is 1. The van der Waals surface area contributed by atoms with Crippen LogP contribution in [0.3, 0.4) is 0 Å². The maximum absolute atomic E-state index is 12.9. The number of nitrogens with zero attached hydrogens (tertiary/aromatic N) is 2.